The molecule has 0 radical (unpaired) electrons. The fourth-order valence-electron chi connectivity index (χ4n) is 4.94. The van der Waals surface area contributed by atoms with E-state index in [-0.39, 0.29) is 18.5 Å². The predicted molar refractivity (Wildman–Crippen MR) is 148 cm³/mol. The number of nitrogens with two attached hydrogens (primary N) is 1. The quantitative estimate of drug-likeness (QED) is 0.170. The molecule has 2 amide bonds. The van der Waals surface area contributed by atoms with Crippen molar-refractivity contribution in [2.45, 2.75) is 24.3 Å². The zero-order valence-electron chi connectivity index (χ0n) is 21.4. The van der Waals surface area contributed by atoms with Crippen molar-refractivity contribution in [2.24, 2.45) is 5.73 Å². The molecule has 4 rings (SSSR count). The number of hydrogen-bond acceptors (Lipinski definition) is 5. The maximum absolute atomic E-state index is 13.8. The number of rotatable bonds is 11. The van der Waals surface area contributed by atoms with Gasteiger partial charge in [0, 0.05) is 30.5 Å². The van der Waals surface area contributed by atoms with E-state index in [1.807, 2.05) is 91.0 Å². The topological polar surface area (TPSA) is 125 Å². The van der Waals surface area contributed by atoms with Gasteiger partial charge < -0.3 is 15.8 Å². The molecule has 1 atom stereocenters. The summed E-state index contributed by atoms with van der Waals surface area (Å²) in [6.07, 6.45) is -0.0815. The number of nitrogens with one attached hydrogen (secondary N) is 1. The molecule has 0 bridgehead atoms. The van der Waals surface area contributed by atoms with Crippen LogP contribution < -0.4 is 15.8 Å². The molecule has 0 aliphatic rings. The van der Waals surface area contributed by atoms with Gasteiger partial charge in [0.25, 0.3) is 5.69 Å². The molecule has 39 heavy (non-hydrogen) atoms. The van der Waals surface area contributed by atoms with E-state index in [1.54, 1.807) is 0 Å². The Balaban J connectivity index is 1.73. The Bertz CT molecular complexity index is 1350. The molecule has 0 saturated carbocycles. The van der Waals surface area contributed by atoms with Crippen LogP contribution >= 0.6 is 0 Å². The van der Waals surface area contributed by atoms with E-state index >= 15 is 0 Å². The first-order valence-electron chi connectivity index (χ1n) is 12.4. The van der Waals surface area contributed by atoms with E-state index in [0.717, 1.165) is 16.7 Å². The van der Waals surface area contributed by atoms with E-state index in [1.165, 1.54) is 25.3 Å². The van der Waals surface area contributed by atoms with Crippen molar-refractivity contribution in [3.63, 3.8) is 0 Å². The van der Waals surface area contributed by atoms with Crippen LogP contribution in [-0.4, -0.2) is 29.9 Å². The van der Waals surface area contributed by atoms with Gasteiger partial charge in [0.15, 0.2) is 0 Å². The van der Waals surface area contributed by atoms with Crippen LogP contribution in [0.25, 0.3) is 0 Å². The minimum atomic E-state index is -1.12. The van der Waals surface area contributed by atoms with Crippen LogP contribution in [0.15, 0.2) is 109 Å². The highest BCUT2D eigenvalue weighted by Crippen LogP contribution is 2.42. The number of nitro groups is 1. The molecule has 0 saturated heterocycles. The highest BCUT2D eigenvalue weighted by atomic mass is 16.6. The highest BCUT2D eigenvalue weighted by Gasteiger charge is 2.39. The van der Waals surface area contributed by atoms with E-state index in [2.05, 4.69) is 5.32 Å². The van der Waals surface area contributed by atoms with Gasteiger partial charge in [0.1, 0.15) is 11.8 Å². The van der Waals surface area contributed by atoms with Crippen molar-refractivity contribution in [3.8, 4) is 5.75 Å². The second-order valence-corrected chi connectivity index (χ2v) is 9.16. The van der Waals surface area contributed by atoms with Crippen LogP contribution in [0, 0.1) is 10.1 Å². The summed E-state index contributed by atoms with van der Waals surface area (Å²) in [5.41, 5.74) is 7.79. The first kappa shape index (κ1) is 27.1. The van der Waals surface area contributed by atoms with Gasteiger partial charge in [-0.2, -0.15) is 0 Å². The van der Waals surface area contributed by atoms with Gasteiger partial charge >= 0.3 is 0 Å². The minimum absolute atomic E-state index is 0.0130. The van der Waals surface area contributed by atoms with Crippen molar-refractivity contribution < 1.29 is 19.2 Å². The van der Waals surface area contributed by atoms with E-state index in [4.69, 9.17) is 10.5 Å². The zero-order valence-corrected chi connectivity index (χ0v) is 21.4. The molecular formula is C31H29N3O5. The number of carbonyl (C=O) groups is 2. The molecule has 0 aliphatic heterocycles. The summed E-state index contributed by atoms with van der Waals surface area (Å²) in [6.45, 7) is 0. The number of non-ortho nitro benzene ring substituents is 1. The van der Waals surface area contributed by atoms with Crippen molar-refractivity contribution in [2.75, 3.05) is 7.11 Å². The Hall–Kier alpha value is -4.98. The van der Waals surface area contributed by atoms with Gasteiger partial charge in [-0.15, -0.1) is 0 Å². The Morgan fingerprint density at radius 2 is 1.36 bits per heavy atom. The third-order valence-electron chi connectivity index (χ3n) is 6.80. The molecule has 0 spiro atoms. The largest absolute Gasteiger partial charge is 0.496 e. The third kappa shape index (κ3) is 5.96. The summed E-state index contributed by atoms with van der Waals surface area (Å²) in [4.78, 5) is 37.0. The number of nitro benzene ring substituents is 1. The number of benzene rings is 4. The Morgan fingerprint density at radius 3 is 1.77 bits per heavy atom. The molecule has 0 aliphatic carbocycles. The molecule has 0 fully saturated rings. The van der Waals surface area contributed by atoms with E-state index < -0.39 is 28.2 Å². The maximum Gasteiger partial charge on any atom is 0.269 e. The smallest absolute Gasteiger partial charge is 0.269 e. The molecule has 198 valence electrons. The van der Waals surface area contributed by atoms with Crippen molar-refractivity contribution >= 4 is 17.5 Å². The summed E-state index contributed by atoms with van der Waals surface area (Å²) >= 11 is 0. The number of amides is 2. The lowest BCUT2D eigenvalue weighted by Gasteiger charge is -2.36. The standard InChI is InChI=1S/C31H29N3O5/c1-39-28-18-17-26(34(37)38)19-22(28)20-27(30(32)36)33-29(35)21-31(23-11-5-2-6-12-23,24-13-7-3-8-14-24)25-15-9-4-10-16-25/h2-19,27H,20-21H2,1H3,(H2,32,36)(H,33,35)/t27-/m0/s1. The van der Waals surface area contributed by atoms with Crippen LogP contribution in [0.1, 0.15) is 28.7 Å². The Kier molecular flexibility index (Phi) is 8.36. The van der Waals surface area contributed by atoms with E-state index in [0.29, 0.717) is 11.3 Å². The summed E-state index contributed by atoms with van der Waals surface area (Å²) in [5.74, 6) is -0.810. The summed E-state index contributed by atoms with van der Waals surface area (Å²) < 4.78 is 5.33. The summed E-state index contributed by atoms with van der Waals surface area (Å²) in [7, 11) is 1.43. The number of hydrogen-bond donors (Lipinski definition) is 2. The van der Waals surface area contributed by atoms with Gasteiger partial charge in [-0.3, -0.25) is 19.7 Å². The van der Waals surface area contributed by atoms with Crippen LogP contribution in [0.5, 0.6) is 5.75 Å². The monoisotopic (exact) mass is 523 g/mol. The lowest BCUT2D eigenvalue weighted by Crippen LogP contribution is -2.48. The van der Waals surface area contributed by atoms with Crippen molar-refractivity contribution in [1.29, 1.82) is 0 Å². The first-order valence-corrected chi connectivity index (χ1v) is 12.4. The molecule has 0 aromatic heterocycles. The van der Waals surface area contributed by atoms with E-state index in [9.17, 15) is 19.7 Å². The van der Waals surface area contributed by atoms with Gasteiger partial charge in [0.2, 0.25) is 11.8 Å². The lowest BCUT2D eigenvalue weighted by atomic mass is 9.67. The molecule has 4 aromatic rings. The summed E-state index contributed by atoms with van der Waals surface area (Å²) in [5, 5.41) is 14.1. The molecule has 0 heterocycles. The number of carbonyl (C=O) groups excluding carboxylic acids is 2. The fraction of sp³-hybridized carbons (Fsp3) is 0.161. The predicted octanol–water partition coefficient (Wildman–Crippen LogP) is 4.54. The zero-order chi connectivity index (χ0) is 27.8. The number of nitrogens with zero attached hydrogens (tertiary/aromatic N) is 1. The number of ether oxygens (including phenoxy) is 1. The number of methoxy groups -OCH3 is 1. The van der Waals surface area contributed by atoms with Crippen LogP contribution in [-0.2, 0) is 21.4 Å². The third-order valence-corrected chi connectivity index (χ3v) is 6.80. The van der Waals surface area contributed by atoms with Gasteiger partial charge in [-0.05, 0) is 22.8 Å². The van der Waals surface area contributed by atoms with Crippen molar-refractivity contribution in [1.82, 2.24) is 5.32 Å². The molecule has 8 heteroatoms. The minimum Gasteiger partial charge on any atom is -0.496 e. The van der Waals surface area contributed by atoms with Crippen LogP contribution in [0.2, 0.25) is 0 Å². The lowest BCUT2D eigenvalue weighted by molar-refractivity contribution is -0.384. The van der Waals surface area contributed by atoms with Crippen molar-refractivity contribution in [3.05, 3.63) is 142 Å². The molecule has 0 unspecified atom stereocenters. The average molecular weight is 524 g/mol. The first-order chi connectivity index (χ1) is 18.8. The summed E-state index contributed by atoms with van der Waals surface area (Å²) in [6, 6.07) is 32.2. The maximum atomic E-state index is 13.8. The second-order valence-electron chi connectivity index (χ2n) is 9.16. The fourth-order valence-corrected chi connectivity index (χ4v) is 4.94. The Morgan fingerprint density at radius 1 is 0.872 bits per heavy atom. The SMILES string of the molecule is COc1ccc([N+](=O)[O-])cc1C[C@H](NC(=O)CC(c1ccccc1)(c1ccccc1)c1ccccc1)C(N)=O. The highest BCUT2D eigenvalue weighted by molar-refractivity contribution is 5.88. The van der Waals surface area contributed by atoms with Gasteiger partial charge in [-0.25, -0.2) is 0 Å². The van der Waals surface area contributed by atoms with Crippen LogP contribution in [0.3, 0.4) is 0 Å². The molecule has 3 N–H and O–H groups in total. The second kappa shape index (κ2) is 12.0. The van der Waals surface area contributed by atoms with Gasteiger partial charge in [0.05, 0.1) is 17.4 Å². The molecule has 4 aromatic carbocycles. The average Bonchev–Trinajstić information content (AvgIpc) is 2.96. The normalized spacial score (nSPS) is 11.8. The molecular weight excluding hydrogens is 494 g/mol. The molecule has 8 nitrogen and oxygen atoms in total. The van der Waals surface area contributed by atoms with Crippen LogP contribution in [0.4, 0.5) is 5.69 Å². The Labute approximate surface area is 226 Å². The van der Waals surface area contributed by atoms with Gasteiger partial charge in [-0.1, -0.05) is 91.0 Å². The number of primary amides is 1.